The van der Waals surface area contributed by atoms with Gasteiger partial charge in [-0.3, -0.25) is 10.3 Å². The van der Waals surface area contributed by atoms with E-state index in [9.17, 15) is 0 Å². The Labute approximate surface area is 118 Å². The van der Waals surface area contributed by atoms with E-state index in [0.717, 1.165) is 29.1 Å². The fourth-order valence-electron chi connectivity index (χ4n) is 2.32. The standard InChI is InChI=1S/C16H18N2O2/c1-11-3-4-13(9-17-11)15-10-18-16(20-15)12-5-7-14(19-2)8-6-12/h3-9,15-16,18H,10H2,1-2H3/t15-,16-/m0/s1. The molecule has 1 saturated heterocycles. The predicted octanol–water partition coefficient (Wildman–Crippen LogP) is 2.76. The number of ether oxygens (including phenoxy) is 2. The molecule has 0 amide bonds. The van der Waals surface area contributed by atoms with Crippen LogP contribution in [0.3, 0.4) is 0 Å². The van der Waals surface area contributed by atoms with Crippen molar-refractivity contribution in [2.45, 2.75) is 19.3 Å². The molecule has 3 rings (SSSR count). The molecule has 104 valence electrons. The van der Waals surface area contributed by atoms with Gasteiger partial charge in [-0.1, -0.05) is 18.2 Å². The van der Waals surface area contributed by atoms with E-state index < -0.39 is 0 Å². The summed E-state index contributed by atoms with van der Waals surface area (Å²) in [4.78, 5) is 4.32. The number of nitrogens with one attached hydrogen (secondary N) is 1. The predicted molar refractivity (Wildman–Crippen MR) is 76.5 cm³/mol. The number of pyridine rings is 1. The van der Waals surface area contributed by atoms with E-state index in [-0.39, 0.29) is 12.3 Å². The number of rotatable bonds is 3. The lowest BCUT2D eigenvalue weighted by molar-refractivity contribution is 0.0403. The molecule has 0 saturated carbocycles. The Kier molecular flexibility index (Phi) is 3.67. The van der Waals surface area contributed by atoms with E-state index in [2.05, 4.69) is 16.4 Å². The summed E-state index contributed by atoms with van der Waals surface area (Å²) in [7, 11) is 1.67. The van der Waals surface area contributed by atoms with Gasteiger partial charge in [0.2, 0.25) is 0 Å². The van der Waals surface area contributed by atoms with Crippen LogP contribution in [0.1, 0.15) is 29.2 Å². The van der Waals surface area contributed by atoms with Crippen LogP contribution >= 0.6 is 0 Å². The molecule has 4 heteroatoms. The lowest BCUT2D eigenvalue weighted by Crippen LogP contribution is -2.13. The number of methoxy groups -OCH3 is 1. The fraction of sp³-hybridized carbons (Fsp3) is 0.312. The molecule has 2 heterocycles. The molecule has 0 bridgehead atoms. The highest BCUT2D eigenvalue weighted by Gasteiger charge is 2.27. The van der Waals surface area contributed by atoms with Crippen LogP contribution in [0, 0.1) is 6.92 Å². The Morgan fingerprint density at radius 1 is 1.15 bits per heavy atom. The van der Waals surface area contributed by atoms with Crippen LogP contribution in [0.15, 0.2) is 42.6 Å². The molecule has 4 nitrogen and oxygen atoms in total. The molecule has 0 unspecified atom stereocenters. The van der Waals surface area contributed by atoms with Gasteiger partial charge in [0.05, 0.1) is 13.2 Å². The van der Waals surface area contributed by atoms with Gasteiger partial charge in [-0.25, -0.2) is 0 Å². The zero-order valence-electron chi connectivity index (χ0n) is 11.7. The zero-order valence-corrected chi connectivity index (χ0v) is 11.7. The summed E-state index contributed by atoms with van der Waals surface area (Å²) in [6.07, 6.45) is 1.86. The van der Waals surface area contributed by atoms with Gasteiger partial charge in [-0.2, -0.15) is 0 Å². The Morgan fingerprint density at radius 3 is 2.55 bits per heavy atom. The Hall–Kier alpha value is -1.91. The molecule has 0 aliphatic carbocycles. The monoisotopic (exact) mass is 270 g/mol. The second-order valence-electron chi connectivity index (χ2n) is 4.92. The van der Waals surface area contributed by atoms with Gasteiger partial charge >= 0.3 is 0 Å². The average molecular weight is 270 g/mol. The second kappa shape index (κ2) is 5.61. The molecule has 0 radical (unpaired) electrons. The average Bonchev–Trinajstić information content (AvgIpc) is 2.98. The van der Waals surface area contributed by atoms with Crippen molar-refractivity contribution in [2.24, 2.45) is 0 Å². The van der Waals surface area contributed by atoms with Crippen molar-refractivity contribution >= 4 is 0 Å². The molecule has 1 aliphatic rings. The number of aryl methyl sites for hydroxylation is 1. The minimum Gasteiger partial charge on any atom is -0.497 e. The third-order valence-electron chi connectivity index (χ3n) is 3.51. The highest BCUT2D eigenvalue weighted by atomic mass is 16.5. The molecule has 1 fully saturated rings. The van der Waals surface area contributed by atoms with E-state index in [0.29, 0.717) is 0 Å². The van der Waals surface area contributed by atoms with E-state index in [1.807, 2.05) is 43.5 Å². The first-order valence-electron chi connectivity index (χ1n) is 6.71. The van der Waals surface area contributed by atoms with Gasteiger partial charge in [0, 0.05) is 24.0 Å². The normalized spacial score (nSPS) is 21.9. The van der Waals surface area contributed by atoms with Crippen molar-refractivity contribution in [2.75, 3.05) is 13.7 Å². The topological polar surface area (TPSA) is 43.4 Å². The summed E-state index contributed by atoms with van der Waals surface area (Å²) in [5.41, 5.74) is 3.24. The van der Waals surface area contributed by atoms with Crippen molar-refractivity contribution in [1.29, 1.82) is 0 Å². The van der Waals surface area contributed by atoms with Crippen molar-refractivity contribution in [3.8, 4) is 5.75 Å². The summed E-state index contributed by atoms with van der Waals surface area (Å²) >= 11 is 0. The van der Waals surface area contributed by atoms with Crippen molar-refractivity contribution in [1.82, 2.24) is 10.3 Å². The Balaban J connectivity index is 1.71. The first kappa shape index (κ1) is 13.1. The highest BCUT2D eigenvalue weighted by Crippen LogP contribution is 2.30. The molecule has 2 aromatic rings. The third-order valence-corrected chi connectivity index (χ3v) is 3.51. The van der Waals surface area contributed by atoms with Gasteiger partial charge < -0.3 is 9.47 Å². The second-order valence-corrected chi connectivity index (χ2v) is 4.92. The quantitative estimate of drug-likeness (QED) is 0.931. The number of benzene rings is 1. The molecule has 1 N–H and O–H groups in total. The largest absolute Gasteiger partial charge is 0.497 e. The van der Waals surface area contributed by atoms with Gasteiger partial charge in [0.15, 0.2) is 0 Å². The van der Waals surface area contributed by atoms with E-state index in [1.165, 1.54) is 0 Å². The summed E-state index contributed by atoms with van der Waals surface area (Å²) in [5.74, 6) is 0.853. The van der Waals surface area contributed by atoms with Crippen LogP contribution < -0.4 is 10.1 Å². The SMILES string of the molecule is COc1ccc([C@H]2NC[C@@H](c3ccc(C)nc3)O2)cc1. The summed E-state index contributed by atoms with van der Waals surface area (Å²) in [6, 6.07) is 12.0. The van der Waals surface area contributed by atoms with Crippen LogP contribution in [-0.4, -0.2) is 18.6 Å². The van der Waals surface area contributed by atoms with Crippen LogP contribution in [0.5, 0.6) is 5.75 Å². The first-order chi connectivity index (χ1) is 9.76. The molecule has 20 heavy (non-hydrogen) atoms. The van der Waals surface area contributed by atoms with Gasteiger partial charge in [0.25, 0.3) is 0 Å². The number of hydrogen-bond acceptors (Lipinski definition) is 4. The molecular weight excluding hydrogens is 252 g/mol. The van der Waals surface area contributed by atoms with Gasteiger partial charge in [-0.15, -0.1) is 0 Å². The minimum atomic E-state index is -0.0767. The van der Waals surface area contributed by atoms with E-state index >= 15 is 0 Å². The smallest absolute Gasteiger partial charge is 0.135 e. The molecule has 2 atom stereocenters. The number of nitrogens with zero attached hydrogens (tertiary/aromatic N) is 1. The van der Waals surface area contributed by atoms with Crippen LogP contribution in [0.4, 0.5) is 0 Å². The molecule has 1 aliphatic heterocycles. The third kappa shape index (κ3) is 2.66. The summed E-state index contributed by atoms with van der Waals surface area (Å²) in [5, 5.41) is 3.38. The van der Waals surface area contributed by atoms with E-state index in [4.69, 9.17) is 9.47 Å². The van der Waals surface area contributed by atoms with E-state index in [1.54, 1.807) is 7.11 Å². The van der Waals surface area contributed by atoms with Crippen molar-refractivity contribution < 1.29 is 9.47 Å². The first-order valence-corrected chi connectivity index (χ1v) is 6.71. The van der Waals surface area contributed by atoms with Gasteiger partial charge in [-0.05, 0) is 30.7 Å². The molecular formula is C16H18N2O2. The summed E-state index contributed by atoms with van der Waals surface area (Å²) in [6.45, 7) is 2.78. The Morgan fingerprint density at radius 2 is 1.90 bits per heavy atom. The van der Waals surface area contributed by atoms with Crippen LogP contribution in [-0.2, 0) is 4.74 Å². The maximum absolute atomic E-state index is 6.05. The van der Waals surface area contributed by atoms with Crippen molar-refractivity contribution in [3.05, 3.63) is 59.4 Å². The highest BCUT2D eigenvalue weighted by molar-refractivity contribution is 5.29. The number of aromatic nitrogens is 1. The number of hydrogen-bond donors (Lipinski definition) is 1. The lowest BCUT2D eigenvalue weighted by Gasteiger charge is -2.13. The fourth-order valence-corrected chi connectivity index (χ4v) is 2.32. The maximum atomic E-state index is 6.05. The Bertz CT molecular complexity index is 566. The lowest BCUT2D eigenvalue weighted by atomic mass is 10.1. The molecule has 1 aromatic heterocycles. The maximum Gasteiger partial charge on any atom is 0.135 e. The van der Waals surface area contributed by atoms with Crippen LogP contribution in [0.25, 0.3) is 0 Å². The summed E-state index contributed by atoms with van der Waals surface area (Å²) < 4.78 is 11.2. The molecule has 1 aromatic carbocycles. The minimum absolute atomic E-state index is 0.0511. The zero-order chi connectivity index (χ0) is 13.9. The molecule has 0 spiro atoms. The van der Waals surface area contributed by atoms with Gasteiger partial charge in [0.1, 0.15) is 12.0 Å². The van der Waals surface area contributed by atoms with Crippen molar-refractivity contribution in [3.63, 3.8) is 0 Å². The van der Waals surface area contributed by atoms with Crippen LogP contribution in [0.2, 0.25) is 0 Å².